The van der Waals surface area contributed by atoms with Crippen LogP contribution in [0.2, 0.25) is 0 Å². The molecule has 2 aromatic heterocycles. The van der Waals surface area contributed by atoms with Crippen molar-refractivity contribution in [3.8, 4) is 5.69 Å². The molecule has 2 heterocycles. The van der Waals surface area contributed by atoms with E-state index in [1.807, 2.05) is 23.6 Å². The molecule has 3 rings (SSSR count). The first kappa shape index (κ1) is 17.5. The van der Waals surface area contributed by atoms with Gasteiger partial charge in [0.15, 0.2) is 5.82 Å². The molecule has 0 fully saturated rings. The molecule has 1 aromatic carbocycles. The van der Waals surface area contributed by atoms with Crippen molar-refractivity contribution in [3.63, 3.8) is 0 Å². The van der Waals surface area contributed by atoms with Crippen LogP contribution in [-0.4, -0.2) is 49.3 Å². The van der Waals surface area contributed by atoms with Crippen molar-refractivity contribution in [1.82, 2.24) is 34.8 Å². The summed E-state index contributed by atoms with van der Waals surface area (Å²) in [5.74, 6) is 0.665. The van der Waals surface area contributed by atoms with E-state index in [2.05, 4.69) is 30.9 Å². The number of nitrogens with zero attached hydrogens (tertiary/aromatic N) is 6. The van der Waals surface area contributed by atoms with Crippen LogP contribution in [0.4, 0.5) is 10.5 Å². The van der Waals surface area contributed by atoms with Crippen LogP contribution in [0.5, 0.6) is 0 Å². The fourth-order valence-electron chi connectivity index (χ4n) is 2.43. The highest BCUT2D eigenvalue weighted by Crippen LogP contribution is 2.13. The van der Waals surface area contributed by atoms with Gasteiger partial charge in [-0.1, -0.05) is 0 Å². The third-order valence-electron chi connectivity index (χ3n) is 3.73. The van der Waals surface area contributed by atoms with Crippen molar-refractivity contribution in [2.75, 3.05) is 19.0 Å². The monoisotopic (exact) mass is 356 g/mol. The molecule has 0 saturated carbocycles. The van der Waals surface area contributed by atoms with E-state index in [0.29, 0.717) is 24.7 Å². The summed E-state index contributed by atoms with van der Waals surface area (Å²) in [7, 11) is 1.63. The lowest BCUT2D eigenvalue weighted by Gasteiger charge is -2.15. The Balaban J connectivity index is 1.57. The number of hydrogen-bond acceptors (Lipinski definition) is 6. The molecule has 2 amide bonds. The van der Waals surface area contributed by atoms with Crippen molar-refractivity contribution >= 4 is 11.7 Å². The highest BCUT2D eigenvalue weighted by molar-refractivity contribution is 5.89. The van der Waals surface area contributed by atoms with Crippen molar-refractivity contribution in [3.05, 3.63) is 49.1 Å². The topological polar surface area (TPSA) is 112 Å². The fourth-order valence-corrected chi connectivity index (χ4v) is 2.43. The quantitative estimate of drug-likeness (QED) is 0.662. The van der Waals surface area contributed by atoms with Gasteiger partial charge < -0.3 is 19.9 Å². The van der Waals surface area contributed by atoms with Crippen LogP contribution >= 0.6 is 0 Å². The molecular weight excluding hydrogens is 336 g/mol. The predicted molar refractivity (Wildman–Crippen MR) is 93.8 cm³/mol. The molecule has 0 aliphatic carbocycles. The number of carbonyl (C=O) groups excluding carboxylic acids is 1. The molecule has 0 aliphatic rings. The van der Waals surface area contributed by atoms with Gasteiger partial charge in [0.25, 0.3) is 0 Å². The van der Waals surface area contributed by atoms with Gasteiger partial charge in [0.05, 0.1) is 18.3 Å². The Morgan fingerprint density at radius 3 is 2.77 bits per heavy atom. The number of benzene rings is 1. The summed E-state index contributed by atoms with van der Waals surface area (Å²) in [5.41, 5.74) is 1.52. The molecule has 3 aromatic rings. The summed E-state index contributed by atoms with van der Waals surface area (Å²) in [6, 6.07) is 6.64. The number of rotatable bonds is 7. The summed E-state index contributed by atoms with van der Waals surface area (Å²) >= 11 is 0. The minimum absolute atomic E-state index is 0.302. The number of aromatic nitrogens is 6. The number of methoxy groups -OCH3 is 1. The minimum Gasteiger partial charge on any atom is -0.383 e. The van der Waals surface area contributed by atoms with Gasteiger partial charge in [-0.05, 0) is 31.2 Å². The van der Waals surface area contributed by atoms with Gasteiger partial charge in [0.1, 0.15) is 19.0 Å². The lowest BCUT2D eigenvalue weighted by Crippen LogP contribution is -2.32. The maximum absolute atomic E-state index is 12.2. The number of amides is 2. The number of nitrogens with one attached hydrogen (secondary N) is 2. The molecule has 0 aliphatic heterocycles. The highest BCUT2D eigenvalue weighted by atomic mass is 16.5. The molecule has 10 nitrogen and oxygen atoms in total. The molecule has 0 spiro atoms. The second kappa shape index (κ2) is 8.21. The molecule has 1 atom stereocenters. The van der Waals surface area contributed by atoms with Gasteiger partial charge in [-0.25, -0.2) is 14.5 Å². The first-order valence-electron chi connectivity index (χ1n) is 8.06. The first-order chi connectivity index (χ1) is 12.7. The second-order valence-electron chi connectivity index (χ2n) is 5.58. The van der Waals surface area contributed by atoms with Crippen molar-refractivity contribution < 1.29 is 9.53 Å². The Kier molecular flexibility index (Phi) is 5.54. The van der Waals surface area contributed by atoms with Crippen molar-refractivity contribution in [2.45, 2.75) is 19.5 Å². The fraction of sp³-hybridized carbons (Fsp3) is 0.312. The highest BCUT2D eigenvalue weighted by Gasteiger charge is 2.15. The zero-order valence-electron chi connectivity index (χ0n) is 14.5. The molecule has 10 heteroatoms. The predicted octanol–water partition coefficient (Wildman–Crippen LogP) is 1.39. The second-order valence-corrected chi connectivity index (χ2v) is 5.58. The number of urea groups is 1. The summed E-state index contributed by atoms with van der Waals surface area (Å²) in [6.07, 6.45) is 4.69. The lowest BCUT2D eigenvalue weighted by atomic mass is 10.3. The summed E-state index contributed by atoms with van der Waals surface area (Å²) in [4.78, 5) is 16.1. The molecule has 136 valence electrons. The molecular formula is C16H20N8O2. The van der Waals surface area contributed by atoms with Crippen LogP contribution in [0, 0.1) is 0 Å². The van der Waals surface area contributed by atoms with E-state index in [9.17, 15) is 4.79 Å². The van der Waals surface area contributed by atoms with Crippen LogP contribution in [0.3, 0.4) is 0 Å². The summed E-state index contributed by atoms with van der Waals surface area (Å²) < 4.78 is 8.55. The molecule has 2 N–H and O–H groups in total. The standard InChI is InChI=1S/C16H20N8O2/c1-12(15-22-18-11-23(15)7-8-26-2)20-16(25)21-13-3-5-14(6-4-13)24-10-17-9-19-24/h3-6,9-12H,7-8H2,1-2H3,(H2,20,21,25). The van der Waals surface area contributed by atoms with E-state index in [-0.39, 0.29) is 12.1 Å². The van der Waals surface area contributed by atoms with E-state index in [1.165, 1.54) is 6.33 Å². The van der Waals surface area contributed by atoms with Gasteiger partial charge in [-0.3, -0.25) is 0 Å². The Hall–Kier alpha value is -3.27. The normalized spacial score (nSPS) is 11.9. The Labute approximate surface area is 150 Å². The zero-order chi connectivity index (χ0) is 18.4. The van der Waals surface area contributed by atoms with E-state index in [4.69, 9.17) is 4.74 Å². The number of carbonyl (C=O) groups is 1. The number of hydrogen-bond donors (Lipinski definition) is 2. The third-order valence-corrected chi connectivity index (χ3v) is 3.73. The van der Waals surface area contributed by atoms with Crippen LogP contribution in [0.1, 0.15) is 18.8 Å². The van der Waals surface area contributed by atoms with E-state index < -0.39 is 0 Å². The van der Waals surface area contributed by atoms with Crippen molar-refractivity contribution in [1.29, 1.82) is 0 Å². The average Bonchev–Trinajstić information content (AvgIpc) is 3.32. The molecule has 26 heavy (non-hydrogen) atoms. The van der Waals surface area contributed by atoms with Crippen LogP contribution in [0.15, 0.2) is 43.2 Å². The Morgan fingerprint density at radius 2 is 2.08 bits per heavy atom. The van der Waals surface area contributed by atoms with E-state index in [1.54, 1.807) is 36.6 Å². The van der Waals surface area contributed by atoms with Crippen molar-refractivity contribution in [2.24, 2.45) is 0 Å². The zero-order valence-corrected chi connectivity index (χ0v) is 14.5. The molecule has 0 saturated heterocycles. The largest absolute Gasteiger partial charge is 0.383 e. The third kappa shape index (κ3) is 4.22. The first-order valence-corrected chi connectivity index (χ1v) is 8.06. The van der Waals surface area contributed by atoms with Gasteiger partial charge >= 0.3 is 6.03 Å². The van der Waals surface area contributed by atoms with E-state index in [0.717, 1.165) is 5.69 Å². The van der Waals surface area contributed by atoms with Gasteiger partial charge in [-0.2, -0.15) is 5.10 Å². The summed E-state index contributed by atoms with van der Waals surface area (Å²) in [6.45, 7) is 3.01. The van der Waals surface area contributed by atoms with Gasteiger partial charge in [0, 0.05) is 19.3 Å². The number of anilines is 1. The van der Waals surface area contributed by atoms with Gasteiger partial charge in [-0.15, -0.1) is 10.2 Å². The number of ether oxygens (including phenoxy) is 1. The molecule has 0 radical (unpaired) electrons. The molecule has 0 bridgehead atoms. The van der Waals surface area contributed by atoms with Crippen LogP contribution < -0.4 is 10.6 Å². The Bertz CT molecular complexity index is 828. The van der Waals surface area contributed by atoms with Gasteiger partial charge in [0.2, 0.25) is 0 Å². The minimum atomic E-state index is -0.327. The maximum atomic E-state index is 12.2. The molecule has 1 unspecified atom stereocenters. The summed E-state index contributed by atoms with van der Waals surface area (Å²) in [5, 5.41) is 17.7. The Morgan fingerprint density at radius 1 is 1.27 bits per heavy atom. The SMILES string of the molecule is COCCn1cnnc1C(C)NC(=O)Nc1ccc(-n2cncn2)cc1. The lowest BCUT2D eigenvalue weighted by molar-refractivity contribution is 0.185. The van der Waals surface area contributed by atoms with Crippen LogP contribution in [0.25, 0.3) is 5.69 Å². The van der Waals surface area contributed by atoms with Crippen LogP contribution in [-0.2, 0) is 11.3 Å². The maximum Gasteiger partial charge on any atom is 0.319 e. The smallest absolute Gasteiger partial charge is 0.319 e. The van der Waals surface area contributed by atoms with E-state index >= 15 is 0 Å². The average molecular weight is 356 g/mol.